The van der Waals surface area contributed by atoms with Crippen LogP contribution in [0, 0.1) is 0 Å². The first kappa shape index (κ1) is 13.8. The van der Waals surface area contributed by atoms with Gasteiger partial charge in [-0.1, -0.05) is 6.07 Å². The van der Waals surface area contributed by atoms with Crippen LogP contribution in [0.25, 0.3) is 11.1 Å². The van der Waals surface area contributed by atoms with Crippen molar-refractivity contribution in [2.24, 2.45) is 7.05 Å². The van der Waals surface area contributed by atoms with Crippen molar-refractivity contribution in [1.29, 1.82) is 0 Å². The average molecular weight is 300 g/mol. The molecule has 8 heteroatoms. The van der Waals surface area contributed by atoms with Gasteiger partial charge in [-0.25, -0.2) is 9.89 Å². The molecule has 0 saturated heterocycles. The topological polar surface area (TPSA) is 110 Å². The predicted octanol–water partition coefficient (Wildman–Crippen LogP) is 0.145. The van der Waals surface area contributed by atoms with E-state index in [4.69, 9.17) is 4.42 Å². The standard InChI is InChI=1S/C14H12N4O4/c1-18-10-4-2-8(6-11(10)22-14(18)21)7-15-13(20)9-3-5-12(19)17-16-9/h2-6H,7H2,1H3,(H,15,20)(H,17,19). The molecule has 112 valence electrons. The number of aromatic nitrogens is 3. The number of hydrogen-bond acceptors (Lipinski definition) is 5. The highest BCUT2D eigenvalue weighted by atomic mass is 16.4. The zero-order valence-corrected chi connectivity index (χ0v) is 11.6. The fraction of sp³-hybridized carbons (Fsp3) is 0.143. The van der Waals surface area contributed by atoms with Gasteiger partial charge in [-0.15, -0.1) is 0 Å². The summed E-state index contributed by atoms with van der Waals surface area (Å²) in [5.41, 5.74) is 1.66. The third kappa shape index (κ3) is 2.53. The molecule has 1 aromatic carbocycles. The van der Waals surface area contributed by atoms with E-state index in [9.17, 15) is 14.4 Å². The van der Waals surface area contributed by atoms with Gasteiger partial charge in [0.05, 0.1) is 5.52 Å². The largest absolute Gasteiger partial charge is 0.419 e. The van der Waals surface area contributed by atoms with E-state index in [2.05, 4.69) is 15.5 Å². The van der Waals surface area contributed by atoms with Gasteiger partial charge in [0.2, 0.25) is 0 Å². The summed E-state index contributed by atoms with van der Waals surface area (Å²) in [6.07, 6.45) is 0. The summed E-state index contributed by atoms with van der Waals surface area (Å²) >= 11 is 0. The SMILES string of the molecule is Cn1c(=O)oc2cc(CNC(=O)c3ccc(=O)[nH]n3)ccc21. The lowest BCUT2D eigenvalue weighted by atomic mass is 10.2. The van der Waals surface area contributed by atoms with E-state index < -0.39 is 11.7 Å². The van der Waals surface area contributed by atoms with Crippen molar-refractivity contribution < 1.29 is 9.21 Å². The zero-order chi connectivity index (χ0) is 15.7. The van der Waals surface area contributed by atoms with Crippen molar-refractivity contribution in [1.82, 2.24) is 20.1 Å². The summed E-state index contributed by atoms with van der Waals surface area (Å²) in [4.78, 5) is 34.2. The van der Waals surface area contributed by atoms with Crippen LogP contribution in [0.3, 0.4) is 0 Å². The molecule has 0 bridgehead atoms. The molecule has 0 atom stereocenters. The van der Waals surface area contributed by atoms with Gasteiger partial charge in [0, 0.05) is 19.7 Å². The van der Waals surface area contributed by atoms with E-state index in [0.717, 1.165) is 5.56 Å². The Hall–Kier alpha value is -3.16. The van der Waals surface area contributed by atoms with Crippen molar-refractivity contribution in [3.05, 3.63) is 62.5 Å². The Morgan fingerprint density at radius 2 is 2.14 bits per heavy atom. The van der Waals surface area contributed by atoms with Crippen LogP contribution in [-0.4, -0.2) is 20.7 Å². The average Bonchev–Trinajstić information content (AvgIpc) is 2.80. The molecule has 8 nitrogen and oxygen atoms in total. The lowest BCUT2D eigenvalue weighted by Crippen LogP contribution is -2.25. The molecule has 3 aromatic rings. The molecule has 0 radical (unpaired) electrons. The van der Waals surface area contributed by atoms with Crippen LogP contribution in [0.5, 0.6) is 0 Å². The molecule has 22 heavy (non-hydrogen) atoms. The number of nitrogens with one attached hydrogen (secondary N) is 2. The highest BCUT2D eigenvalue weighted by Crippen LogP contribution is 2.14. The molecule has 3 rings (SSSR count). The van der Waals surface area contributed by atoms with Gasteiger partial charge in [-0.2, -0.15) is 5.10 Å². The number of hydrogen-bond donors (Lipinski definition) is 2. The number of aryl methyl sites for hydroxylation is 1. The molecule has 0 aliphatic heterocycles. The second-order valence-corrected chi connectivity index (χ2v) is 4.72. The maximum absolute atomic E-state index is 11.9. The number of carbonyl (C=O) groups is 1. The first-order valence-corrected chi connectivity index (χ1v) is 6.47. The van der Waals surface area contributed by atoms with Crippen LogP contribution >= 0.6 is 0 Å². The summed E-state index contributed by atoms with van der Waals surface area (Å²) in [5.74, 6) is -0.848. The van der Waals surface area contributed by atoms with E-state index in [1.807, 2.05) is 0 Å². The molecule has 1 amide bonds. The number of oxazole rings is 1. The quantitative estimate of drug-likeness (QED) is 0.715. The number of H-pyrrole nitrogens is 1. The normalized spacial score (nSPS) is 10.8. The number of nitrogens with zero attached hydrogens (tertiary/aromatic N) is 2. The van der Waals surface area contributed by atoms with Gasteiger partial charge in [-0.05, 0) is 23.8 Å². The maximum atomic E-state index is 11.9. The van der Waals surface area contributed by atoms with Crippen LogP contribution in [-0.2, 0) is 13.6 Å². The first-order chi connectivity index (χ1) is 10.5. The number of carbonyl (C=O) groups excluding carboxylic acids is 1. The monoisotopic (exact) mass is 300 g/mol. The molecule has 0 aliphatic carbocycles. The van der Waals surface area contributed by atoms with E-state index in [-0.39, 0.29) is 17.8 Å². The van der Waals surface area contributed by atoms with Gasteiger partial charge in [0.15, 0.2) is 5.58 Å². The van der Waals surface area contributed by atoms with E-state index in [1.54, 1.807) is 25.2 Å². The van der Waals surface area contributed by atoms with Gasteiger partial charge in [0.1, 0.15) is 5.69 Å². The molecule has 2 heterocycles. The van der Waals surface area contributed by atoms with Crippen molar-refractivity contribution in [2.75, 3.05) is 0 Å². The molecule has 0 aliphatic rings. The number of fused-ring (bicyclic) bond motifs is 1. The third-order valence-corrected chi connectivity index (χ3v) is 3.22. The molecule has 0 saturated carbocycles. The fourth-order valence-electron chi connectivity index (χ4n) is 2.03. The molecule has 2 aromatic heterocycles. The van der Waals surface area contributed by atoms with E-state index in [1.165, 1.54) is 16.7 Å². The molecule has 0 fully saturated rings. The van der Waals surface area contributed by atoms with E-state index in [0.29, 0.717) is 11.1 Å². The number of rotatable bonds is 3. The molecular formula is C14H12N4O4. The first-order valence-electron chi connectivity index (χ1n) is 6.47. The van der Waals surface area contributed by atoms with Crippen molar-refractivity contribution in [3.8, 4) is 0 Å². The summed E-state index contributed by atoms with van der Waals surface area (Å²) in [7, 11) is 1.62. The molecule has 0 unspecified atom stereocenters. The summed E-state index contributed by atoms with van der Waals surface area (Å²) in [5, 5.41) is 8.51. The van der Waals surface area contributed by atoms with Crippen LogP contribution in [0.2, 0.25) is 0 Å². The molecule has 0 spiro atoms. The lowest BCUT2D eigenvalue weighted by molar-refractivity contribution is 0.0945. The van der Waals surface area contributed by atoms with Gasteiger partial charge in [-0.3, -0.25) is 14.2 Å². The zero-order valence-electron chi connectivity index (χ0n) is 11.6. The van der Waals surface area contributed by atoms with Crippen LogP contribution in [0.1, 0.15) is 16.1 Å². The third-order valence-electron chi connectivity index (χ3n) is 3.22. The van der Waals surface area contributed by atoms with Crippen LogP contribution in [0.15, 0.2) is 44.3 Å². The predicted molar refractivity (Wildman–Crippen MR) is 77.5 cm³/mol. The Labute approximate surface area is 123 Å². The molecular weight excluding hydrogens is 288 g/mol. The Kier molecular flexibility index (Phi) is 3.34. The number of benzene rings is 1. The summed E-state index contributed by atoms with van der Waals surface area (Å²) in [6, 6.07) is 7.80. The fourth-order valence-corrected chi connectivity index (χ4v) is 2.03. The number of aromatic amines is 1. The Bertz CT molecular complexity index is 946. The van der Waals surface area contributed by atoms with Crippen molar-refractivity contribution in [3.63, 3.8) is 0 Å². The second kappa shape index (κ2) is 5.32. The summed E-state index contributed by atoms with van der Waals surface area (Å²) in [6.45, 7) is 0.244. The minimum atomic E-state index is -0.436. The van der Waals surface area contributed by atoms with Gasteiger partial charge in [0.25, 0.3) is 11.5 Å². The minimum absolute atomic E-state index is 0.118. The van der Waals surface area contributed by atoms with E-state index >= 15 is 0 Å². The highest BCUT2D eigenvalue weighted by Gasteiger charge is 2.09. The smallest absolute Gasteiger partial charge is 0.408 e. The van der Waals surface area contributed by atoms with Gasteiger partial charge >= 0.3 is 5.76 Å². The maximum Gasteiger partial charge on any atom is 0.419 e. The summed E-state index contributed by atoms with van der Waals surface area (Å²) < 4.78 is 6.49. The van der Waals surface area contributed by atoms with Crippen molar-refractivity contribution in [2.45, 2.75) is 6.54 Å². The highest BCUT2D eigenvalue weighted by molar-refractivity contribution is 5.92. The Morgan fingerprint density at radius 1 is 1.32 bits per heavy atom. The number of amides is 1. The lowest BCUT2D eigenvalue weighted by Gasteiger charge is -2.04. The van der Waals surface area contributed by atoms with Crippen LogP contribution < -0.4 is 16.6 Å². The minimum Gasteiger partial charge on any atom is -0.408 e. The van der Waals surface area contributed by atoms with Crippen molar-refractivity contribution >= 4 is 17.0 Å². The second-order valence-electron chi connectivity index (χ2n) is 4.72. The Balaban J connectivity index is 1.76. The van der Waals surface area contributed by atoms with Crippen LogP contribution in [0.4, 0.5) is 0 Å². The molecule has 2 N–H and O–H groups in total. The Morgan fingerprint density at radius 3 is 2.86 bits per heavy atom. The van der Waals surface area contributed by atoms with Gasteiger partial charge < -0.3 is 9.73 Å².